The molecule has 0 saturated heterocycles. The molecule has 1 atom stereocenters. The summed E-state index contributed by atoms with van der Waals surface area (Å²) in [5.41, 5.74) is 2.04. The molecule has 1 heterocycles. The van der Waals surface area contributed by atoms with Crippen LogP contribution in [0.3, 0.4) is 0 Å². The van der Waals surface area contributed by atoms with Crippen molar-refractivity contribution in [3.05, 3.63) is 57.8 Å². The minimum absolute atomic E-state index is 0.00670. The van der Waals surface area contributed by atoms with Gasteiger partial charge in [-0.3, -0.25) is 4.79 Å². The van der Waals surface area contributed by atoms with Crippen LogP contribution in [0.4, 0.5) is 0 Å². The van der Waals surface area contributed by atoms with Crippen LogP contribution < -0.4 is 0 Å². The van der Waals surface area contributed by atoms with Gasteiger partial charge in [0.1, 0.15) is 0 Å². The molecule has 1 N–H and O–H groups in total. The number of para-hydroxylation sites is 1. The normalized spacial score (nSPS) is 13.1. The lowest BCUT2D eigenvalue weighted by Crippen LogP contribution is -2.36. The van der Waals surface area contributed by atoms with Crippen molar-refractivity contribution in [1.82, 2.24) is 9.88 Å². The van der Waals surface area contributed by atoms with Gasteiger partial charge in [0.25, 0.3) is 0 Å². The van der Waals surface area contributed by atoms with E-state index in [2.05, 4.69) is 48.2 Å². The number of benzene rings is 1. The van der Waals surface area contributed by atoms with Gasteiger partial charge in [-0.15, -0.1) is 0 Å². The van der Waals surface area contributed by atoms with Crippen molar-refractivity contribution >= 4 is 61.3 Å². The molecule has 0 saturated carbocycles. The summed E-state index contributed by atoms with van der Waals surface area (Å²) < 4.78 is 5.75. The van der Waals surface area contributed by atoms with Crippen molar-refractivity contribution in [3.8, 4) is 0 Å². The number of methoxy groups -OCH3 is 1. The number of aromatic nitrogens is 1. The summed E-state index contributed by atoms with van der Waals surface area (Å²) in [7, 11) is 1.35. The molecule has 2 aromatic rings. The minimum atomic E-state index is -0.408. The van der Waals surface area contributed by atoms with Crippen LogP contribution >= 0.6 is 38.5 Å². The van der Waals surface area contributed by atoms with E-state index >= 15 is 0 Å². The van der Waals surface area contributed by atoms with Crippen LogP contribution in [0.25, 0.3) is 10.9 Å². The number of carbonyl (C=O) groups excluding carboxylic acids is 2. The quantitative estimate of drug-likeness (QED) is 0.223. The van der Waals surface area contributed by atoms with Gasteiger partial charge in [0.15, 0.2) is 0 Å². The summed E-state index contributed by atoms with van der Waals surface area (Å²) in [4.78, 5) is 29.3. The average molecular weight is 545 g/mol. The fraction of sp³-hybridized carbons (Fsp3) is 0.300. The summed E-state index contributed by atoms with van der Waals surface area (Å²) in [5.74, 6) is -0.415. The predicted octanol–water partition coefficient (Wildman–Crippen LogP) is 4.89. The molecular weight excluding hydrogens is 523 g/mol. The summed E-state index contributed by atoms with van der Waals surface area (Å²) in [5, 5.41) is 1.30. The molecule has 144 valence electrons. The number of nitrogens with one attached hydrogen (secondary N) is 1. The smallest absolute Gasteiger partial charge is 0.330 e. The molecule has 1 aromatic carbocycles. The van der Waals surface area contributed by atoms with Crippen LogP contribution in [0.1, 0.15) is 24.9 Å². The van der Waals surface area contributed by atoms with E-state index in [-0.39, 0.29) is 17.3 Å². The highest BCUT2D eigenvalue weighted by Gasteiger charge is 2.26. The molecule has 7 heteroatoms. The Hall–Kier alpha value is -1.61. The molecule has 2 rings (SSSR count). The van der Waals surface area contributed by atoms with Crippen molar-refractivity contribution < 1.29 is 14.3 Å². The number of rotatable bonds is 8. The van der Waals surface area contributed by atoms with Crippen LogP contribution in [0, 0.1) is 0 Å². The van der Waals surface area contributed by atoms with Gasteiger partial charge in [0.05, 0.1) is 25.0 Å². The number of alkyl halides is 1. The van der Waals surface area contributed by atoms with Gasteiger partial charge in [0, 0.05) is 32.3 Å². The van der Waals surface area contributed by atoms with Gasteiger partial charge >= 0.3 is 5.97 Å². The van der Waals surface area contributed by atoms with E-state index in [1.807, 2.05) is 48.4 Å². The number of carbonyl (C=O) groups is 2. The SMILES string of the molecule is C/C=C(\I)CN(C(=O)CBr)[C@@H](C/C=C/C(=O)OC)c1c[nH]c2ccccc12. The average Bonchev–Trinajstić information content (AvgIpc) is 3.12. The first-order valence-electron chi connectivity index (χ1n) is 8.48. The highest BCUT2D eigenvalue weighted by molar-refractivity contribution is 14.1. The molecule has 5 nitrogen and oxygen atoms in total. The molecule has 0 bridgehead atoms. The number of amides is 1. The third kappa shape index (κ3) is 5.68. The lowest BCUT2D eigenvalue weighted by molar-refractivity contribution is -0.134. The van der Waals surface area contributed by atoms with E-state index in [0.29, 0.717) is 13.0 Å². The molecule has 1 amide bonds. The second kappa shape index (κ2) is 10.7. The standard InChI is InChI=1S/C20H22BrIN2O3/c1-3-14(22)13-24(19(25)11-21)18(9-6-10-20(26)27-2)16-12-23-17-8-5-4-7-15(16)17/h3-8,10,12,18,23H,9,11,13H2,1-2H3/b10-6+,14-3-/t18-/m0/s1. The van der Waals surface area contributed by atoms with E-state index < -0.39 is 5.97 Å². The first-order chi connectivity index (χ1) is 13.0. The summed E-state index contributed by atoms with van der Waals surface area (Å²) in [6.07, 6.45) is 7.60. The maximum Gasteiger partial charge on any atom is 0.330 e. The Labute approximate surface area is 181 Å². The fourth-order valence-corrected chi connectivity index (χ4v) is 3.55. The molecule has 0 fully saturated rings. The van der Waals surface area contributed by atoms with Crippen LogP contribution in [-0.2, 0) is 14.3 Å². The monoisotopic (exact) mass is 544 g/mol. The van der Waals surface area contributed by atoms with Crippen LogP contribution in [-0.4, -0.2) is 40.7 Å². The molecule has 27 heavy (non-hydrogen) atoms. The van der Waals surface area contributed by atoms with E-state index in [1.54, 1.807) is 6.08 Å². The number of fused-ring (bicyclic) bond motifs is 1. The summed E-state index contributed by atoms with van der Waals surface area (Å²) in [6, 6.07) is 7.78. The zero-order chi connectivity index (χ0) is 19.8. The van der Waals surface area contributed by atoms with Gasteiger partial charge in [-0.2, -0.15) is 0 Å². The maximum atomic E-state index is 12.7. The predicted molar refractivity (Wildman–Crippen MR) is 120 cm³/mol. The Morgan fingerprint density at radius 2 is 2.11 bits per heavy atom. The van der Waals surface area contributed by atoms with Gasteiger partial charge in [-0.25, -0.2) is 4.79 Å². The number of ether oxygens (including phenoxy) is 1. The first-order valence-corrected chi connectivity index (χ1v) is 10.7. The third-order valence-corrected chi connectivity index (χ3v) is 5.68. The van der Waals surface area contributed by atoms with E-state index in [1.165, 1.54) is 13.2 Å². The van der Waals surface area contributed by atoms with Crippen LogP contribution in [0.15, 0.2) is 52.3 Å². The van der Waals surface area contributed by atoms with Gasteiger partial charge in [0.2, 0.25) is 5.91 Å². The number of allylic oxidation sites excluding steroid dienone is 1. The lowest BCUT2D eigenvalue weighted by atomic mass is 10.0. The number of nitrogens with zero attached hydrogens (tertiary/aromatic N) is 1. The second-order valence-corrected chi connectivity index (χ2v) is 7.80. The summed E-state index contributed by atoms with van der Waals surface area (Å²) in [6.45, 7) is 2.47. The number of esters is 1. The van der Waals surface area contributed by atoms with Gasteiger partial charge < -0.3 is 14.6 Å². The van der Waals surface area contributed by atoms with E-state index in [0.717, 1.165) is 20.0 Å². The van der Waals surface area contributed by atoms with Crippen molar-refractivity contribution in [1.29, 1.82) is 0 Å². The highest BCUT2D eigenvalue weighted by atomic mass is 127. The number of aromatic amines is 1. The third-order valence-electron chi connectivity index (χ3n) is 4.24. The topological polar surface area (TPSA) is 62.4 Å². The lowest BCUT2D eigenvalue weighted by Gasteiger charge is -2.31. The Kier molecular flexibility index (Phi) is 8.56. The van der Waals surface area contributed by atoms with Gasteiger partial charge in [-0.05, 0) is 42.0 Å². The Balaban J connectivity index is 2.47. The molecule has 0 aliphatic carbocycles. The van der Waals surface area contributed by atoms with Gasteiger partial charge in [-0.1, -0.05) is 46.3 Å². The fourth-order valence-electron chi connectivity index (χ4n) is 2.86. The number of halogens is 2. The molecular formula is C20H22BrIN2O3. The zero-order valence-corrected chi connectivity index (χ0v) is 19.0. The van der Waals surface area contributed by atoms with Crippen LogP contribution in [0.5, 0.6) is 0 Å². The molecule has 0 aliphatic rings. The van der Waals surface area contributed by atoms with Crippen molar-refractivity contribution in [3.63, 3.8) is 0 Å². The molecule has 0 unspecified atom stereocenters. The molecule has 1 aromatic heterocycles. The van der Waals surface area contributed by atoms with E-state index in [4.69, 9.17) is 0 Å². The molecule has 0 radical (unpaired) electrons. The maximum absolute atomic E-state index is 12.7. The number of hydrogen-bond acceptors (Lipinski definition) is 3. The Morgan fingerprint density at radius 1 is 1.37 bits per heavy atom. The Bertz CT molecular complexity index is 860. The molecule has 0 aliphatic heterocycles. The van der Waals surface area contributed by atoms with E-state index in [9.17, 15) is 9.59 Å². The number of hydrogen-bond donors (Lipinski definition) is 1. The van der Waals surface area contributed by atoms with Crippen molar-refractivity contribution in [2.45, 2.75) is 19.4 Å². The first kappa shape index (κ1) is 21.7. The highest BCUT2D eigenvalue weighted by Crippen LogP contribution is 2.32. The van der Waals surface area contributed by atoms with Crippen molar-refractivity contribution in [2.75, 3.05) is 19.0 Å². The van der Waals surface area contributed by atoms with Crippen LogP contribution in [0.2, 0.25) is 0 Å². The second-order valence-electron chi connectivity index (χ2n) is 5.86. The number of H-pyrrole nitrogens is 1. The molecule has 0 spiro atoms. The largest absolute Gasteiger partial charge is 0.466 e. The summed E-state index contributed by atoms with van der Waals surface area (Å²) >= 11 is 5.54. The minimum Gasteiger partial charge on any atom is -0.466 e. The van der Waals surface area contributed by atoms with Crippen molar-refractivity contribution in [2.24, 2.45) is 0 Å². The zero-order valence-electron chi connectivity index (χ0n) is 15.2. The Morgan fingerprint density at radius 3 is 2.78 bits per heavy atom.